The Kier molecular flexibility index (Phi) is 4.94. The molecule has 0 aliphatic heterocycles. The molecule has 0 spiro atoms. The lowest BCUT2D eigenvalue weighted by molar-refractivity contribution is -0.138. The van der Waals surface area contributed by atoms with Crippen LogP contribution in [0, 0.1) is 5.82 Å². The van der Waals surface area contributed by atoms with Crippen LogP contribution >= 0.6 is 27.5 Å². The fourth-order valence-electron chi connectivity index (χ4n) is 1.90. The van der Waals surface area contributed by atoms with Crippen molar-refractivity contribution < 1.29 is 17.6 Å². The summed E-state index contributed by atoms with van der Waals surface area (Å²) in [5, 5.41) is -0.621. The molecule has 2 aromatic carbocycles. The average Bonchev–Trinajstić information content (AvgIpc) is 2.40. The second-order valence-electron chi connectivity index (χ2n) is 4.54. The lowest BCUT2D eigenvalue weighted by Crippen LogP contribution is -2.07. The Morgan fingerprint density at radius 3 is 2.24 bits per heavy atom. The van der Waals surface area contributed by atoms with Crippen LogP contribution in [0.3, 0.4) is 0 Å². The number of halogens is 6. The normalized spacial score (nSPS) is 13.2. The molecular formula is C15H10BrClF4. The number of benzene rings is 2. The highest BCUT2D eigenvalue weighted by molar-refractivity contribution is 9.10. The molecule has 6 heteroatoms. The van der Waals surface area contributed by atoms with Crippen molar-refractivity contribution in [3.8, 4) is 0 Å². The molecule has 0 amide bonds. The van der Waals surface area contributed by atoms with E-state index in [0.29, 0.717) is 12.0 Å². The van der Waals surface area contributed by atoms with E-state index in [9.17, 15) is 17.6 Å². The van der Waals surface area contributed by atoms with Crippen LogP contribution in [-0.2, 0) is 12.6 Å². The third-order valence-corrected chi connectivity index (χ3v) is 4.08. The van der Waals surface area contributed by atoms with Gasteiger partial charge in [-0.25, -0.2) is 4.39 Å². The maximum absolute atomic E-state index is 12.8. The van der Waals surface area contributed by atoms with Crippen LogP contribution in [0.5, 0.6) is 0 Å². The van der Waals surface area contributed by atoms with Crippen LogP contribution in [-0.4, -0.2) is 0 Å². The van der Waals surface area contributed by atoms with Crippen molar-refractivity contribution in [1.82, 2.24) is 0 Å². The smallest absolute Gasteiger partial charge is 0.207 e. The second-order valence-corrected chi connectivity index (χ2v) is 5.92. The van der Waals surface area contributed by atoms with Crippen molar-refractivity contribution in [2.24, 2.45) is 0 Å². The Morgan fingerprint density at radius 2 is 1.67 bits per heavy atom. The van der Waals surface area contributed by atoms with Gasteiger partial charge in [-0.15, -0.1) is 11.6 Å². The zero-order valence-corrected chi connectivity index (χ0v) is 12.9. The molecule has 1 unspecified atom stereocenters. The molecule has 21 heavy (non-hydrogen) atoms. The van der Waals surface area contributed by atoms with Gasteiger partial charge in [-0.2, -0.15) is 13.2 Å². The van der Waals surface area contributed by atoms with Gasteiger partial charge in [0.05, 0.1) is 10.9 Å². The molecule has 0 aromatic heterocycles. The van der Waals surface area contributed by atoms with Crippen molar-refractivity contribution in [3.63, 3.8) is 0 Å². The largest absolute Gasteiger partial charge is 0.417 e. The maximum Gasteiger partial charge on any atom is 0.417 e. The molecule has 0 radical (unpaired) electrons. The van der Waals surface area contributed by atoms with Gasteiger partial charge in [-0.1, -0.05) is 34.1 Å². The van der Waals surface area contributed by atoms with E-state index >= 15 is 0 Å². The maximum atomic E-state index is 12.8. The van der Waals surface area contributed by atoms with E-state index < -0.39 is 17.1 Å². The fraction of sp³-hybridized carbons (Fsp3) is 0.200. The Balaban J connectivity index is 2.23. The Hall–Kier alpha value is -1.07. The summed E-state index contributed by atoms with van der Waals surface area (Å²) in [7, 11) is 0. The minimum Gasteiger partial charge on any atom is -0.207 e. The lowest BCUT2D eigenvalue weighted by Gasteiger charge is -2.14. The first-order valence-electron chi connectivity index (χ1n) is 6.02. The van der Waals surface area contributed by atoms with Crippen LogP contribution < -0.4 is 0 Å². The third-order valence-electron chi connectivity index (χ3n) is 2.99. The molecule has 0 fully saturated rings. The van der Waals surface area contributed by atoms with Crippen molar-refractivity contribution in [2.45, 2.75) is 18.0 Å². The molecule has 2 rings (SSSR count). The topological polar surface area (TPSA) is 0 Å². The number of hydrogen-bond donors (Lipinski definition) is 0. The predicted octanol–water partition coefficient (Wildman–Crippen LogP) is 6.13. The van der Waals surface area contributed by atoms with Crippen LogP contribution in [0.25, 0.3) is 0 Å². The van der Waals surface area contributed by atoms with E-state index in [1.165, 1.54) is 18.2 Å². The van der Waals surface area contributed by atoms with Gasteiger partial charge in [0.1, 0.15) is 5.82 Å². The molecule has 0 saturated carbocycles. The molecule has 2 aromatic rings. The van der Waals surface area contributed by atoms with Gasteiger partial charge in [0.15, 0.2) is 0 Å². The summed E-state index contributed by atoms with van der Waals surface area (Å²) in [6.07, 6.45) is -4.12. The summed E-state index contributed by atoms with van der Waals surface area (Å²) in [5.41, 5.74) is 0.370. The minimum absolute atomic E-state index is 0.0237. The monoisotopic (exact) mass is 380 g/mol. The van der Waals surface area contributed by atoms with Crippen molar-refractivity contribution in [1.29, 1.82) is 0 Å². The van der Waals surface area contributed by atoms with Gasteiger partial charge >= 0.3 is 6.18 Å². The fourth-order valence-corrected chi connectivity index (χ4v) is 2.69. The van der Waals surface area contributed by atoms with Gasteiger partial charge in [-0.3, -0.25) is 0 Å². The quantitative estimate of drug-likeness (QED) is 0.443. The first kappa shape index (κ1) is 16.3. The molecule has 0 nitrogen and oxygen atoms in total. The highest BCUT2D eigenvalue weighted by atomic mass is 79.9. The van der Waals surface area contributed by atoms with Gasteiger partial charge in [0, 0.05) is 4.47 Å². The molecule has 0 saturated heterocycles. The average molecular weight is 382 g/mol. The summed E-state index contributed by atoms with van der Waals surface area (Å²) in [6, 6.07) is 9.62. The first-order valence-corrected chi connectivity index (χ1v) is 7.25. The van der Waals surface area contributed by atoms with Crippen molar-refractivity contribution >= 4 is 27.5 Å². The zero-order valence-electron chi connectivity index (χ0n) is 10.6. The third kappa shape index (κ3) is 4.20. The van der Waals surface area contributed by atoms with Crippen LogP contribution in [0.4, 0.5) is 17.6 Å². The first-order chi connectivity index (χ1) is 9.77. The van der Waals surface area contributed by atoms with E-state index in [-0.39, 0.29) is 10.3 Å². The Morgan fingerprint density at radius 1 is 1.05 bits per heavy atom. The summed E-state index contributed by atoms with van der Waals surface area (Å²) in [4.78, 5) is 0. The minimum atomic E-state index is -4.44. The highest BCUT2D eigenvalue weighted by Crippen LogP contribution is 2.37. The van der Waals surface area contributed by atoms with Gasteiger partial charge < -0.3 is 0 Å². The van der Waals surface area contributed by atoms with Crippen LogP contribution in [0.1, 0.15) is 22.1 Å². The van der Waals surface area contributed by atoms with E-state index in [1.807, 2.05) is 0 Å². The zero-order chi connectivity index (χ0) is 15.6. The molecule has 0 heterocycles. The molecular weight excluding hydrogens is 372 g/mol. The van der Waals surface area contributed by atoms with E-state index in [2.05, 4.69) is 15.9 Å². The molecule has 1 atom stereocenters. The van der Waals surface area contributed by atoms with E-state index in [0.717, 1.165) is 11.6 Å². The van der Waals surface area contributed by atoms with Crippen LogP contribution in [0.15, 0.2) is 46.9 Å². The second kappa shape index (κ2) is 6.36. The van der Waals surface area contributed by atoms with Crippen LogP contribution in [0.2, 0.25) is 0 Å². The number of hydrogen-bond acceptors (Lipinski definition) is 0. The molecule has 0 N–H and O–H groups in total. The number of alkyl halides is 4. The highest BCUT2D eigenvalue weighted by Gasteiger charge is 2.33. The SMILES string of the molecule is Fc1ccc(CC(Cl)c2ccc(Br)c(C(F)(F)F)c2)cc1. The summed E-state index contributed by atoms with van der Waals surface area (Å²) in [6.45, 7) is 0. The van der Waals surface area contributed by atoms with Crippen molar-refractivity contribution in [2.75, 3.05) is 0 Å². The number of rotatable bonds is 3. The van der Waals surface area contributed by atoms with E-state index in [1.54, 1.807) is 18.2 Å². The molecule has 112 valence electrons. The molecule has 0 aliphatic carbocycles. The molecule has 0 bridgehead atoms. The standard InChI is InChI=1S/C15H10BrClF4/c16-13-6-3-10(8-12(13)15(19,20)21)14(17)7-9-1-4-11(18)5-2-9/h1-6,8,14H,7H2. The summed E-state index contributed by atoms with van der Waals surface area (Å²) < 4.78 is 51.3. The van der Waals surface area contributed by atoms with Gasteiger partial charge in [0.2, 0.25) is 0 Å². The van der Waals surface area contributed by atoms with E-state index in [4.69, 9.17) is 11.6 Å². The predicted molar refractivity (Wildman–Crippen MR) is 77.8 cm³/mol. The van der Waals surface area contributed by atoms with Crippen molar-refractivity contribution in [3.05, 3.63) is 69.4 Å². The lowest BCUT2D eigenvalue weighted by atomic mass is 10.0. The molecule has 0 aliphatic rings. The Bertz CT molecular complexity index is 623. The summed E-state index contributed by atoms with van der Waals surface area (Å²) in [5.74, 6) is -0.368. The van der Waals surface area contributed by atoms with Gasteiger partial charge in [-0.05, 0) is 41.8 Å². The Labute approximate surface area is 132 Å². The summed E-state index contributed by atoms with van der Waals surface area (Å²) >= 11 is 9.06. The van der Waals surface area contributed by atoms with Gasteiger partial charge in [0.25, 0.3) is 0 Å².